The summed E-state index contributed by atoms with van der Waals surface area (Å²) in [4.78, 5) is 55.0. The largest absolute Gasteiger partial charge is 0.480 e. The van der Waals surface area contributed by atoms with Gasteiger partial charge >= 0.3 is 5.97 Å². The van der Waals surface area contributed by atoms with Crippen LogP contribution in [0.4, 0.5) is 0 Å². The highest BCUT2D eigenvalue weighted by Crippen LogP contribution is 2.24. The lowest BCUT2D eigenvalue weighted by molar-refractivity contribution is -0.145. The molecule has 3 amide bonds. The summed E-state index contributed by atoms with van der Waals surface area (Å²) < 4.78 is 5.51. The molecule has 0 spiro atoms. The van der Waals surface area contributed by atoms with Gasteiger partial charge in [-0.3, -0.25) is 19.4 Å². The molecule has 0 aliphatic carbocycles. The molecule has 14 nitrogen and oxygen atoms in total. The quantitative estimate of drug-likeness (QED) is 0.0722. The van der Waals surface area contributed by atoms with Crippen molar-refractivity contribution in [3.8, 4) is 0 Å². The first kappa shape index (κ1) is 31.1. The summed E-state index contributed by atoms with van der Waals surface area (Å²) in [7, 11) is 3.11. The molecule has 1 aliphatic rings. The number of carboxylic acids is 1. The number of amides is 3. The summed E-state index contributed by atoms with van der Waals surface area (Å²) in [5, 5.41) is 27.5. The molecule has 1 rings (SSSR count). The second kappa shape index (κ2) is 15.2. The fraction of sp³-hybridized carbons (Fsp3) is 0.773. The Balaban J connectivity index is 2.83. The number of hydrogen-bond donors (Lipinski definition) is 7. The van der Waals surface area contributed by atoms with Crippen molar-refractivity contribution in [2.75, 3.05) is 33.8 Å². The molecule has 1 heterocycles. The number of likely N-dealkylation sites (N-methyl/N-ethyl adjacent to an activating group) is 1. The summed E-state index contributed by atoms with van der Waals surface area (Å²) >= 11 is 0. The van der Waals surface area contributed by atoms with Crippen molar-refractivity contribution in [1.82, 2.24) is 20.9 Å². The molecule has 0 aromatic heterocycles. The van der Waals surface area contributed by atoms with Gasteiger partial charge in [0, 0.05) is 39.1 Å². The minimum Gasteiger partial charge on any atom is -0.480 e. The Kier molecular flexibility index (Phi) is 13.1. The van der Waals surface area contributed by atoms with E-state index in [1.165, 1.54) is 18.9 Å². The number of nitrogens with one attached hydrogen (secondary N) is 3. The number of hydrogen-bond acceptors (Lipinski definition) is 8. The van der Waals surface area contributed by atoms with Crippen molar-refractivity contribution in [2.24, 2.45) is 22.4 Å². The highest BCUT2D eigenvalue weighted by Gasteiger charge is 2.37. The smallest absolute Gasteiger partial charge is 0.326 e. The Morgan fingerprint density at radius 1 is 1.19 bits per heavy atom. The number of piperidine rings is 1. The number of nitrogens with zero attached hydrogens (tertiary/aromatic N) is 2. The Labute approximate surface area is 211 Å². The van der Waals surface area contributed by atoms with Crippen molar-refractivity contribution < 1.29 is 34.1 Å². The van der Waals surface area contributed by atoms with E-state index in [1.807, 2.05) is 0 Å². The molecule has 0 radical (unpaired) electrons. The van der Waals surface area contributed by atoms with Crippen LogP contribution < -0.4 is 27.4 Å². The average molecular weight is 516 g/mol. The molecule has 9 N–H and O–H groups in total. The Hall–Kier alpha value is -2.97. The third-order valence-electron chi connectivity index (χ3n) is 6.18. The fourth-order valence-corrected chi connectivity index (χ4v) is 3.96. The minimum absolute atomic E-state index is 0.0670. The van der Waals surface area contributed by atoms with Gasteiger partial charge in [0.2, 0.25) is 17.7 Å². The molecule has 206 valence electrons. The van der Waals surface area contributed by atoms with E-state index >= 15 is 0 Å². The lowest BCUT2D eigenvalue weighted by Crippen LogP contribution is -2.59. The van der Waals surface area contributed by atoms with E-state index in [0.717, 1.165) is 0 Å². The predicted octanol–water partition coefficient (Wildman–Crippen LogP) is -2.66. The summed E-state index contributed by atoms with van der Waals surface area (Å²) in [6.07, 6.45) is -0.588. The van der Waals surface area contributed by atoms with Crippen LogP contribution in [-0.4, -0.2) is 109 Å². The van der Waals surface area contributed by atoms with Crippen LogP contribution in [0.5, 0.6) is 0 Å². The normalized spacial score (nSPS) is 21.0. The number of carboxylic acid groups (broad SMARTS) is 1. The number of likely N-dealkylation sites (tertiary alicyclic amines) is 1. The number of aliphatic hydroxyl groups excluding tert-OH is 1. The van der Waals surface area contributed by atoms with E-state index in [-0.39, 0.29) is 38.0 Å². The van der Waals surface area contributed by atoms with E-state index in [9.17, 15) is 29.4 Å². The van der Waals surface area contributed by atoms with Crippen molar-refractivity contribution in [2.45, 2.75) is 69.9 Å². The van der Waals surface area contributed by atoms with Gasteiger partial charge in [-0.05, 0) is 40.2 Å². The first-order chi connectivity index (χ1) is 16.9. The second-order valence-electron chi connectivity index (χ2n) is 8.96. The van der Waals surface area contributed by atoms with Gasteiger partial charge < -0.3 is 47.3 Å². The summed E-state index contributed by atoms with van der Waals surface area (Å²) in [5.41, 5.74) is 10.5. The van der Waals surface area contributed by atoms with E-state index in [4.69, 9.17) is 16.2 Å². The first-order valence-corrected chi connectivity index (χ1v) is 12.0. The maximum atomic E-state index is 13.2. The van der Waals surface area contributed by atoms with Crippen LogP contribution in [0, 0.1) is 5.92 Å². The van der Waals surface area contributed by atoms with Gasteiger partial charge in [-0.2, -0.15) is 0 Å². The van der Waals surface area contributed by atoms with E-state index in [0.29, 0.717) is 19.4 Å². The SMILES string of the molecule is CN[C@@H](C)C(=O)N[C@H](C(=O)N1CC[C@H](OC)[C@H](CC(=O)N[C@@H](CCCN=C(N)N)C(=O)O)C1)[C@H](C)O. The summed E-state index contributed by atoms with van der Waals surface area (Å²) in [5.74, 6) is -3.08. The van der Waals surface area contributed by atoms with Crippen LogP contribution in [-0.2, 0) is 23.9 Å². The number of aliphatic imine (C=N–C) groups is 1. The van der Waals surface area contributed by atoms with Crippen molar-refractivity contribution in [3.05, 3.63) is 0 Å². The van der Waals surface area contributed by atoms with Gasteiger partial charge in [0.05, 0.1) is 18.2 Å². The molecular weight excluding hydrogens is 474 g/mol. The van der Waals surface area contributed by atoms with Crippen LogP contribution in [0.1, 0.15) is 39.5 Å². The van der Waals surface area contributed by atoms with Crippen molar-refractivity contribution in [1.29, 1.82) is 0 Å². The van der Waals surface area contributed by atoms with E-state index in [2.05, 4.69) is 20.9 Å². The molecule has 0 bridgehead atoms. The topological polar surface area (TPSA) is 222 Å². The number of methoxy groups -OCH3 is 1. The number of carbonyl (C=O) groups excluding carboxylic acids is 3. The highest BCUT2D eigenvalue weighted by atomic mass is 16.5. The Morgan fingerprint density at radius 2 is 1.86 bits per heavy atom. The molecule has 1 fully saturated rings. The molecule has 0 unspecified atom stereocenters. The number of aliphatic carboxylic acids is 1. The molecule has 0 aromatic carbocycles. The number of rotatable bonds is 14. The summed E-state index contributed by atoms with van der Waals surface area (Å²) in [6.45, 7) is 3.75. The Bertz CT molecular complexity index is 789. The lowest BCUT2D eigenvalue weighted by atomic mass is 9.90. The van der Waals surface area contributed by atoms with Crippen LogP contribution >= 0.6 is 0 Å². The van der Waals surface area contributed by atoms with Crippen LogP contribution in [0.15, 0.2) is 4.99 Å². The van der Waals surface area contributed by atoms with Gasteiger partial charge in [-0.15, -0.1) is 0 Å². The Morgan fingerprint density at radius 3 is 2.39 bits per heavy atom. The van der Waals surface area contributed by atoms with Crippen LogP contribution in [0.2, 0.25) is 0 Å². The zero-order chi connectivity index (χ0) is 27.4. The molecule has 1 saturated heterocycles. The third-order valence-corrected chi connectivity index (χ3v) is 6.18. The molecule has 14 heteroatoms. The maximum absolute atomic E-state index is 13.2. The van der Waals surface area contributed by atoms with Crippen molar-refractivity contribution >= 4 is 29.7 Å². The highest BCUT2D eigenvalue weighted by molar-refractivity contribution is 5.90. The lowest BCUT2D eigenvalue weighted by Gasteiger charge is -2.39. The number of aliphatic hydroxyl groups is 1. The zero-order valence-electron chi connectivity index (χ0n) is 21.4. The monoisotopic (exact) mass is 515 g/mol. The number of nitrogens with two attached hydrogens (primary N) is 2. The van der Waals surface area contributed by atoms with Gasteiger partial charge in [0.25, 0.3) is 0 Å². The van der Waals surface area contributed by atoms with Crippen LogP contribution in [0.3, 0.4) is 0 Å². The van der Waals surface area contributed by atoms with E-state index < -0.39 is 53.8 Å². The first-order valence-electron chi connectivity index (χ1n) is 12.0. The predicted molar refractivity (Wildman–Crippen MR) is 132 cm³/mol. The van der Waals surface area contributed by atoms with E-state index in [1.54, 1.807) is 14.0 Å². The summed E-state index contributed by atoms with van der Waals surface area (Å²) in [6, 6.07) is -2.82. The van der Waals surface area contributed by atoms with Crippen molar-refractivity contribution in [3.63, 3.8) is 0 Å². The van der Waals surface area contributed by atoms with Gasteiger partial charge in [0.1, 0.15) is 12.1 Å². The van der Waals surface area contributed by atoms with Gasteiger partial charge in [0.15, 0.2) is 5.96 Å². The molecule has 1 aliphatic heterocycles. The van der Waals surface area contributed by atoms with Crippen LogP contribution in [0.25, 0.3) is 0 Å². The molecule has 36 heavy (non-hydrogen) atoms. The average Bonchev–Trinajstić information content (AvgIpc) is 2.82. The molecule has 0 aromatic rings. The number of carbonyl (C=O) groups is 4. The molecular formula is C22H41N7O7. The second-order valence-corrected chi connectivity index (χ2v) is 8.96. The minimum atomic E-state index is -1.18. The third kappa shape index (κ3) is 9.95. The van der Waals surface area contributed by atoms with Gasteiger partial charge in [-0.1, -0.05) is 0 Å². The number of guanidine groups is 1. The molecule has 0 saturated carbocycles. The standard InChI is InChI=1S/C22H41N7O7/c1-12(25-3)19(32)28-18(13(2)30)20(33)29-9-7-16(36-4)14(11-29)10-17(31)27-15(21(34)35)6-5-8-26-22(23)24/h12-16,18,25,30H,5-11H2,1-4H3,(H,27,31)(H,28,32)(H,34,35)(H4,23,24,26)/t12-,13-,14+,15-,16-,18-/m0/s1. The maximum Gasteiger partial charge on any atom is 0.326 e. The fourth-order valence-electron chi connectivity index (χ4n) is 3.96. The number of ether oxygens (including phenoxy) is 1. The molecule has 6 atom stereocenters. The van der Waals surface area contributed by atoms with Gasteiger partial charge in [-0.25, -0.2) is 4.79 Å². The zero-order valence-corrected chi connectivity index (χ0v) is 21.4.